The topological polar surface area (TPSA) is 74.2 Å². The Morgan fingerprint density at radius 3 is 3.13 bits per heavy atom. The van der Waals surface area contributed by atoms with Crippen LogP contribution in [0.4, 0.5) is 0 Å². The van der Waals surface area contributed by atoms with E-state index in [-0.39, 0.29) is 12.1 Å². The summed E-state index contributed by atoms with van der Waals surface area (Å²) in [6, 6.07) is -0.248. The van der Waals surface area contributed by atoms with Crippen LogP contribution in [0.2, 0.25) is 0 Å². The summed E-state index contributed by atoms with van der Waals surface area (Å²) in [5.74, 6) is 1.24. The molecule has 0 aliphatic carbocycles. The third-order valence-electron chi connectivity index (χ3n) is 2.61. The van der Waals surface area contributed by atoms with Crippen LogP contribution in [0.15, 0.2) is 4.52 Å². The second kappa shape index (κ2) is 4.72. The number of hydrogen-bond acceptors (Lipinski definition) is 5. The van der Waals surface area contributed by atoms with Crippen molar-refractivity contribution in [1.82, 2.24) is 10.1 Å². The van der Waals surface area contributed by atoms with Gasteiger partial charge in [-0.1, -0.05) is 12.1 Å². The molecule has 1 fully saturated rings. The fourth-order valence-corrected chi connectivity index (χ4v) is 1.77. The summed E-state index contributed by atoms with van der Waals surface area (Å²) in [6.07, 6.45) is 3.91. The molecular weight excluding hydrogens is 194 g/mol. The van der Waals surface area contributed by atoms with Crippen molar-refractivity contribution in [3.63, 3.8) is 0 Å². The van der Waals surface area contributed by atoms with Gasteiger partial charge in [0.25, 0.3) is 0 Å². The van der Waals surface area contributed by atoms with Crippen LogP contribution in [0.3, 0.4) is 0 Å². The Kier molecular flexibility index (Phi) is 3.33. The molecule has 0 aromatic carbocycles. The summed E-state index contributed by atoms with van der Waals surface area (Å²) < 4.78 is 10.6. The van der Waals surface area contributed by atoms with E-state index >= 15 is 0 Å². The largest absolute Gasteiger partial charge is 0.376 e. The first-order chi connectivity index (χ1) is 7.31. The van der Waals surface area contributed by atoms with Crippen molar-refractivity contribution in [3.8, 4) is 0 Å². The van der Waals surface area contributed by atoms with E-state index in [9.17, 15) is 0 Å². The van der Waals surface area contributed by atoms with Gasteiger partial charge in [-0.15, -0.1) is 0 Å². The average molecular weight is 211 g/mol. The zero-order chi connectivity index (χ0) is 10.7. The minimum Gasteiger partial charge on any atom is -0.376 e. The van der Waals surface area contributed by atoms with Gasteiger partial charge in [0.1, 0.15) is 0 Å². The van der Waals surface area contributed by atoms with Crippen LogP contribution in [-0.2, 0) is 11.2 Å². The van der Waals surface area contributed by atoms with Crippen molar-refractivity contribution < 1.29 is 9.26 Å². The van der Waals surface area contributed by atoms with Crippen molar-refractivity contribution >= 4 is 0 Å². The molecule has 1 aromatic rings. The maximum Gasteiger partial charge on any atom is 0.226 e. The summed E-state index contributed by atoms with van der Waals surface area (Å²) in [6.45, 7) is 2.86. The van der Waals surface area contributed by atoms with Gasteiger partial charge in [0.05, 0.1) is 12.1 Å². The first-order valence-corrected chi connectivity index (χ1v) is 5.51. The lowest BCUT2D eigenvalue weighted by atomic mass is 10.1. The van der Waals surface area contributed by atoms with Crippen molar-refractivity contribution in [1.29, 1.82) is 0 Å². The highest BCUT2D eigenvalue weighted by molar-refractivity contribution is 4.97. The average Bonchev–Trinajstić information content (AvgIpc) is 2.87. The number of aromatic nitrogens is 2. The summed E-state index contributed by atoms with van der Waals surface area (Å²) in [7, 11) is 0. The first kappa shape index (κ1) is 10.6. The third kappa shape index (κ3) is 2.35. The maximum absolute atomic E-state index is 6.00. The molecule has 0 amide bonds. The van der Waals surface area contributed by atoms with Crippen LogP contribution in [0.1, 0.15) is 43.9 Å². The molecule has 1 aromatic heterocycles. The standard InChI is InChI=1S/C10H17N3O2/c1-2-4-8-12-10(13-15-8)9(11)7-5-3-6-14-7/h7,9H,2-6,11H2,1H3. The summed E-state index contributed by atoms with van der Waals surface area (Å²) in [4.78, 5) is 4.26. The van der Waals surface area contributed by atoms with Gasteiger partial charge in [0.15, 0.2) is 5.82 Å². The second-order valence-corrected chi connectivity index (χ2v) is 3.87. The molecule has 0 spiro atoms. The van der Waals surface area contributed by atoms with E-state index in [1.54, 1.807) is 0 Å². The molecule has 2 heterocycles. The third-order valence-corrected chi connectivity index (χ3v) is 2.61. The lowest BCUT2D eigenvalue weighted by molar-refractivity contribution is 0.0870. The Morgan fingerprint density at radius 1 is 1.60 bits per heavy atom. The molecule has 0 radical (unpaired) electrons. The van der Waals surface area contributed by atoms with Crippen LogP contribution < -0.4 is 5.73 Å². The molecule has 0 bridgehead atoms. The molecular formula is C10H17N3O2. The Hall–Kier alpha value is -0.940. The van der Waals surface area contributed by atoms with Crippen LogP contribution in [0.25, 0.3) is 0 Å². The van der Waals surface area contributed by atoms with Gasteiger partial charge in [0.2, 0.25) is 5.89 Å². The van der Waals surface area contributed by atoms with E-state index in [1.807, 2.05) is 0 Å². The monoisotopic (exact) mass is 211 g/mol. The van der Waals surface area contributed by atoms with Crippen molar-refractivity contribution in [2.24, 2.45) is 5.73 Å². The molecule has 2 N–H and O–H groups in total. The number of nitrogens with zero attached hydrogens (tertiary/aromatic N) is 2. The summed E-state index contributed by atoms with van der Waals surface area (Å²) in [5, 5.41) is 3.89. The molecule has 1 aliphatic heterocycles. The quantitative estimate of drug-likeness (QED) is 0.810. The molecule has 0 saturated carbocycles. The van der Waals surface area contributed by atoms with E-state index in [1.165, 1.54) is 0 Å². The van der Waals surface area contributed by atoms with Crippen molar-refractivity contribution in [2.75, 3.05) is 6.61 Å². The van der Waals surface area contributed by atoms with Crippen molar-refractivity contribution in [2.45, 2.75) is 44.8 Å². The summed E-state index contributed by atoms with van der Waals surface area (Å²) >= 11 is 0. The molecule has 1 saturated heterocycles. The van der Waals surface area contributed by atoms with E-state index in [4.69, 9.17) is 15.0 Å². The van der Waals surface area contributed by atoms with Gasteiger partial charge in [-0.25, -0.2) is 0 Å². The lowest BCUT2D eigenvalue weighted by Crippen LogP contribution is -2.26. The van der Waals surface area contributed by atoms with Gasteiger partial charge in [-0.05, 0) is 19.3 Å². The minimum atomic E-state index is -0.248. The van der Waals surface area contributed by atoms with Gasteiger partial charge in [0, 0.05) is 13.0 Å². The fourth-order valence-electron chi connectivity index (χ4n) is 1.77. The second-order valence-electron chi connectivity index (χ2n) is 3.87. The molecule has 1 aliphatic rings. The maximum atomic E-state index is 6.00. The van der Waals surface area contributed by atoms with Crippen LogP contribution >= 0.6 is 0 Å². The first-order valence-electron chi connectivity index (χ1n) is 5.51. The highest BCUT2D eigenvalue weighted by atomic mass is 16.5. The Morgan fingerprint density at radius 2 is 2.47 bits per heavy atom. The normalized spacial score (nSPS) is 23.2. The fraction of sp³-hybridized carbons (Fsp3) is 0.800. The van der Waals surface area contributed by atoms with Crippen LogP contribution in [-0.4, -0.2) is 22.9 Å². The number of aryl methyl sites for hydroxylation is 1. The number of hydrogen-bond donors (Lipinski definition) is 1. The van der Waals surface area contributed by atoms with E-state index in [0.29, 0.717) is 11.7 Å². The van der Waals surface area contributed by atoms with Gasteiger partial charge < -0.3 is 15.0 Å². The highest BCUT2D eigenvalue weighted by Gasteiger charge is 2.27. The Labute approximate surface area is 89.0 Å². The SMILES string of the molecule is CCCc1nc(C(N)C2CCCO2)no1. The number of nitrogens with two attached hydrogens (primary N) is 1. The Balaban J connectivity index is 2.00. The molecule has 5 nitrogen and oxygen atoms in total. The zero-order valence-electron chi connectivity index (χ0n) is 8.98. The lowest BCUT2D eigenvalue weighted by Gasteiger charge is -2.13. The predicted octanol–water partition coefficient (Wildman–Crippen LogP) is 1.20. The molecule has 2 rings (SSSR count). The minimum absolute atomic E-state index is 0.0528. The van der Waals surface area contributed by atoms with E-state index in [0.717, 1.165) is 32.3 Å². The zero-order valence-corrected chi connectivity index (χ0v) is 8.98. The Bertz CT molecular complexity index is 307. The highest BCUT2D eigenvalue weighted by Crippen LogP contribution is 2.23. The van der Waals surface area contributed by atoms with Crippen LogP contribution in [0, 0.1) is 0 Å². The summed E-state index contributed by atoms with van der Waals surface area (Å²) in [5.41, 5.74) is 6.00. The number of rotatable bonds is 4. The smallest absolute Gasteiger partial charge is 0.226 e. The molecule has 5 heteroatoms. The van der Waals surface area contributed by atoms with Gasteiger partial charge in [-0.2, -0.15) is 4.98 Å². The number of ether oxygens (including phenoxy) is 1. The van der Waals surface area contributed by atoms with Crippen molar-refractivity contribution in [3.05, 3.63) is 11.7 Å². The van der Waals surface area contributed by atoms with E-state index in [2.05, 4.69) is 17.1 Å². The predicted molar refractivity (Wildman–Crippen MR) is 54.2 cm³/mol. The molecule has 2 unspecified atom stereocenters. The van der Waals surface area contributed by atoms with E-state index < -0.39 is 0 Å². The molecule has 15 heavy (non-hydrogen) atoms. The molecule has 84 valence electrons. The van der Waals surface area contributed by atoms with Gasteiger partial charge >= 0.3 is 0 Å². The molecule has 2 atom stereocenters. The van der Waals surface area contributed by atoms with Crippen LogP contribution in [0.5, 0.6) is 0 Å². The van der Waals surface area contributed by atoms with Gasteiger partial charge in [-0.3, -0.25) is 0 Å².